The quantitative estimate of drug-likeness (QED) is 0.643. The van der Waals surface area contributed by atoms with Gasteiger partial charge in [-0.05, 0) is 19.4 Å². The van der Waals surface area contributed by atoms with Gasteiger partial charge in [0.15, 0.2) is 6.10 Å². The summed E-state index contributed by atoms with van der Waals surface area (Å²) < 4.78 is 4.81. The number of carbonyl (C=O) groups excluding carboxylic acids is 2. The molecule has 1 rings (SSSR count). The summed E-state index contributed by atoms with van der Waals surface area (Å²) in [6.45, 7) is 4.42. The number of rotatable bonds is 4. The molecule has 0 aromatic carbocycles. The normalized spacial score (nSPS) is 11.5. The topological polar surface area (TPSA) is 100 Å². The Kier molecular flexibility index (Phi) is 4.59. The molecule has 6 nitrogen and oxygen atoms in total. The molecule has 1 unspecified atom stereocenters. The van der Waals surface area contributed by atoms with Gasteiger partial charge in [0.2, 0.25) is 5.78 Å². The lowest BCUT2D eigenvalue weighted by Crippen LogP contribution is -2.26. The Morgan fingerprint density at radius 2 is 2.16 bits per heavy atom. The Bertz CT molecular complexity index is 610. The predicted octanol–water partition coefficient (Wildman–Crippen LogP) is 0.943. The van der Waals surface area contributed by atoms with Gasteiger partial charge in [0.1, 0.15) is 11.6 Å². The number of esters is 1. The van der Waals surface area contributed by atoms with Crippen LogP contribution in [0.1, 0.15) is 42.4 Å². The number of aryl methyl sites for hydroxylation is 1. The summed E-state index contributed by atoms with van der Waals surface area (Å²) in [5, 5.41) is 8.81. The van der Waals surface area contributed by atoms with Gasteiger partial charge in [-0.25, -0.2) is 0 Å². The molecule has 0 radical (unpaired) electrons. The molecule has 0 bridgehead atoms. The van der Waals surface area contributed by atoms with E-state index in [2.05, 4.69) is 4.98 Å². The van der Waals surface area contributed by atoms with E-state index in [-0.39, 0.29) is 11.1 Å². The smallest absolute Gasteiger partial charge is 0.303 e. The standard InChI is InChI=1S/C13H14N2O4/c1-4-11-10(5-9(6-14)13(18)15-11)12(17)7(2)19-8(3)16/h5,7H,4H2,1-3H3,(H,15,18). The number of ether oxygens (including phenoxy) is 1. The van der Waals surface area contributed by atoms with Gasteiger partial charge < -0.3 is 9.72 Å². The maximum Gasteiger partial charge on any atom is 0.303 e. The van der Waals surface area contributed by atoms with Gasteiger partial charge in [-0.15, -0.1) is 0 Å². The zero-order chi connectivity index (χ0) is 14.6. The highest BCUT2D eigenvalue weighted by Crippen LogP contribution is 2.12. The number of nitrogens with one attached hydrogen (secondary N) is 1. The molecule has 0 saturated heterocycles. The Balaban J connectivity index is 3.26. The van der Waals surface area contributed by atoms with E-state index in [1.807, 2.05) is 0 Å². The van der Waals surface area contributed by atoms with Crippen LogP contribution in [0, 0.1) is 11.3 Å². The van der Waals surface area contributed by atoms with E-state index in [4.69, 9.17) is 10.00 Å². The molecule has 0 spiro atoms. The largest absolute Gasteiger partial charge is 0.454 e. The number of hydrogen-bond donors (Lipinski definition) is 1. The molecule has 1 aromatic heterocycles. The van der Waals surface area contributed by atoms with Gasteiger partial charge >= 0.3 is 5.97 Å². The molecule has 19 heavy (non-hydrogen) atoms. The fraction of sp³-hybridized carbons (Fsp3) is 0.385. The van der Waals surface area contributed by atoms with E-state index < -0.39 is 23.4 Å². The van der Waals surface area contributed by atoms with E-state index in [1.54, 1.807) is 13.0 Å². The van der Waals surface area contributed by atoms with Crippen molar-refractivity contribution < 1.29 is 14.3 Å². The van der Waals surface area contributed by atoms with Crippen LogP contribution in [0.4, 0.5) is 0 Å². The molecule has 0 saturated carbocycles. The highest BCUT2D eigenvalue weighted by Gasteiger charge is 2.22. The van der Waals surface area contributed by atoms with Gasteiger partial charge in [0, 0.05) is 18.2 Å². The van der Waals surface area contributed by atoms with Crippen LogP contribution in [-0.2, 0) is 16.0 Å². The number of pyridine rings is 1. The number of aromatic nitrogens is 1. The van der Waals surface area contributed by atoms with E-state index >= 15 is 0 Å². The van der Waals surface area contributed by atoms with Crippen molar-refractivity contribution in [2.75, 3.05) is 0 Å². The van der Waals surface area contributed by atoms with Gasteiger partial charge in [0.25, 0.3) is 5.56 Å². The predicted molar refractivity (Wildman–Crippen MR) is 66.7 cm³/mol. The van der Waals surface area contributed by atoms with E-state index in [9.17, 15) is 14.4 Å². The van der Waals surface area contributed by atoms with Crippen LogP contribution >= 0.6 is 0 Å². The first-order valence-corrected chi connectivity index (χ1v) is 5.78. The van der Waals surface area contributed by atoms with Crippen LogP contribution in [0.25, 0.3) is 0 Å². The van der Waals surface area contributed by atoms with Crippen LogP contribution in [0.15, 0.2) is 10.9 Å². The number of nitrogens with zero attached hydrogens (tertiary/aromatic N) is 1. The van der Waals surface area contributed by atoms with Crippen LogP contribution in [0.2, 0.25) is 0 Å². The Morgan fingerprint density at radius 1 is 1.53 bits per heavy atom. The molecule has 1 heterocycles. The van der Waals surface area contributed by atoms with E-state index in [0.29, 0.717) is 12.1 Å². The lowest BCUT2D eigenvalue weighted by atomic mass is 10.0. The lowest BCUT2D eigenvalue weighted by molar-refractivity contribution is -0.143. The molecule has 0 fully saturated rings. The van der Waals surface area contributed by atoms with Gasteiger partial charge in [0.05, 0.1) is 0 Å². The zero-order valence-corrected chi connectivity index (χ0v) is 10.9. The first-order valence-electron chi connectivity index (χ1n) is 5.78. The second-order valence-electron chi connectivity index (χ2n) is 3.99. The van der Waals surface area contributed by atoms with Gasteiger partial charge in [-0.3, -0.25) is 14.4 Å². The molecule has 1 aromatic rings. The maximum atomic E-state index is 12.1. The van der Waals surface area contributed by atoms with Crippen molar-refractivity contribution in [2.45, 2.75) is 33.3 Å². The van der Waals surface area contributed by atoms with Gasteiger partial charge in [-0.2, -0.15) is 5.26 Å². The minimum absolute atomic E-state index is 0.143. The number of nitriles is 1. The van der Waals surface area contributed by atoms with Crippen molar-refractivity contribution in [3.63, 3.8) is 0 Å². The number of Topliss-reactive ketones (excluding diaryl/α,β-unsaturated/α-hetero) is 1. The summed E-state index contributed by atoms with van der Waals surface area (Å²) in [7, 11) is 0. The van der Waals surface area contributed by atoms with Gasteiger partial charge in [-0.1, -0.05) is 6.92 Å². The first kappa shape index (κ1) is 14.6. The third-order valence-electron chi connectivity index (χ3n) is 2.57. The van der Waals surface area contributed by atoms with Crippen molar-refractivity contribution in [1.29, 1.82) is 5.26 Å². The summed E-state index contributed by atoms with van der Waals surface area (Å²) in [6, 6.07) is 2.95. The maximum absolute atomic E-state index is 12.1. The van der Waals surface area contributed by atoms with Crippen molar-refractivity contribution in [3.05, 3.63) is 33.2 Å². The molecule has 0 aliphatic heterocycles. The number of ketones is 1. The summed E-state index contributed by atoms with van der Waals surface area (Å²) >= 11 is 0. The second kappa shape index (κ2) is 5.96. The molecule has 100 valence electrons. The fourth-order valence-corrected chi connectivity index (χ4v) is 1.67. The van der Waals surface area contributed by atoms with Crippen LogP contribution in [-0.4, -0.2) is 22.8 Å². The summed E-state index contributed by atoms with van der Waals surface area (Å²) in [6.07, 6.45) is -0.533. The fourth-order valence-electron chi connectivity index (χ4n) is 1.67. The summed E-state index contributed by atoms with van der Waals surface area (Å²) in [5.74, 6) is -1.01. The lowest BCUT2D eigenvalue weighted by Gasteiger charge is -2.13. The Labute approximate surface area is 110 Å². The van der Waals surface area contributed by atoms with Crippen molar-refractivity contribution in [3.8, 4) is 6.07 Å². The first-order chi connectivity index (χ1) is 8.90. The molecule has 1 atom stereocenters. The monoisotopic (exact) mass is 262 g/mol. The van der Waals surface area contributed by atoms with Crippen LogP contribution in [0.3, 0.4) is 0 Å². The molecular weight excluding hydrogens is 248 g/mol. The highest BCUT2D eigenvalue weighted by molar-refractivity contribution is 6.01. The third kappa shape index (κ3) is 3.28. The van der Waals surface area contributed by atoms with Crippen LogP contribution < -0.4 is 5.56 Å². The van der Waals surface area contributed by atoms with Crippen molar-refractivity contribution >= 4 is 11.8 Å². The van der Waals surface area contributed by atoms with Crippen LogP contribution in [0.5, 0.6) is 0 Å². The molecule has 0 aliphatic rings. The van der Waals surface area contributed by atoms with E-state index in [0.717, 1.165) is 0 Å². The second-order valence-corrected chi connectivity index (χ2v) is 3.99. The Morgan fingerprint density at radius 3 is 2.63 bits per heavy atom. The molecule has 0 amide bonds. The van der Waals surface area contributed by atoms with E-state index in [1.165, 1.54) is 19.9 Å². The highest BCUT2D eigenvalue weighted by atomic mass is 16.5. The number of aromatic amines is 1. The minimum atomic E-state index is -0.958. The van der Waals surface area contributed by atoms with Crippen molar-refractivity contribution in [1.82, 2.24) is 4.98 Å². The average molecular weight is 262 g/mol. The molecule has 1 N–H and O–H groups in total. The SMILES string of the molecule is CCc1[nH]c(=O)c(C#N)cc1C(=O)C(C)OC(C)=O. The number of H-pyrrole nitrogens is 1. The minimum Gasteiger partial charge on any atom is -0.454 e. The Hall–Kier alpha value is -2.42. The number of hydrogen-bond acceptors (Lipinski definition) is 5. The summed E-state index contributed by atoms with van der Waals surface area (Å²) in [4.78, 5) is 36.9. The molecular formula is C13H14N2O4. The zero-order valence-electron chi connectivity index (χ0n) is 10.9. The summed E-state index contributed by atoms with van der Waals surface area (Å²) in [5.41, 5.74) is -0.0491. The molecule has 0 aliphatic carbocycles. The van der Waals surface area contributed by atoms with Crippen molar-refractivity contribution in [2.24, 2.45) is 0 Å². The average Bonchev–Trinajstić information content (AvgIpc) is 2.36. The third-order valence-corrected chi connectivity index (χ3v) is 2.57. The number of carbonyl (C=O) groups is 2. The molecule has 6 heteroatoms.